The van der Waals surface area contributed by atoms with Gasteiger partial charge in [-0.3, -0.25) is 9.69 Å². The number of hydrogen-bond acceptors (Lipinski definition) is 3. The molecule has 0 radical (unpaired) electrons. The Hall–Kier alpha value is -2.44. The quantitative estimate of drug-likeness (QED) is 0.491. The first-order valence-corrected chi connectivity index (χ1v) is 12.1. The van der Waals surface area contributed by atoms with Crippen LogP contribution >= 0.6 is 15.9 Å². The van der Waals surface area contributed by atoms with Crippen molar-refractivity contribution in [1.82, 2.24) is 19.4 Å². The van der Waals surface area contributed by atoms with Crippen molar-refractivity contribution in [3.8, 4) is 0 Å². The van der Waals surface area contributed by atoms with Gasteiger partial charge < -0.3 is 9.47 Å². The Balaban J connectivity index is 1.35. The van der Waals surface area contributed by atoms with E-state index in [0.717, 1.165) is 41.7 Å². The Kier molecular flexibility index (Phi) is 5.68. The summed E-state index contributed by atoms with van der Waals surface area (Å²) in [5.41, 5.74) is 7.23. The van der Waals surface area contributed by atoms with Gasteiger partial charge in [-0.25, -0.2) is 4.98 Å². The summed E-state index contributed by atoms with van der Waals surface area (Å²) in [5, 5.41) is 1.17. The third-order valence-electron chi connectivity index (χ3n) is 6.72. The molecule has 1 fully saturated rings. The second-order valence-electron chi connectivity index (χ2n) is 9.22. The summed E-state index contributed by atoms with van der Waals surface area (Å²) in [6.45, 7) is 2.88. The van der Waals surface area contributed by atoms with Crippen LogP contribution in [0.5, 0.6) is 0 Å². The van der Waals surface area contributed by atoms with Crippen molar-refractivity contribution in [2.45, 2.75) is 31.7 Å². The summed E-state index contributed by atoms with van der Waals surface area (Å²) in [4.78, 5) is 21.1. The van der Waals surface area contributed by atoms with Crippen molar-refractivity contribution in [3.63, 3.8) is 0 Å². The maximum absolute atomic E-state index is 12.5. The van der Waals surface area contributed by atoms with E-state index in [1.165, 1.54) is 40.6 Å². The third-order valence-corrected chi connectivity index (χ3v) is 7.41. The van der Waals surface area contributed by atoms with Gasteiger partial charge in [0.1, 0.15) is 5.65 Å². The number of carbonyl (C=O) groups excluding carboxylic acids is 1. The van der Waals surface area contributed by atoms with Gasteiger partial charge in [0.25, 0.3) is 5.91 Å². The Morgan fingerprint density at radius 1 is 1.22 bits per heavy atom. The number of carbonyl (C=O) groups is 1. The van der Waals surface area contributed by atoms with E-state index in [0.29, 0.717) is 5.92 Å². The monoisotopic (exact) mass is 492 g/mol. The lowest BCUT2D eigenvalue weighted by molar-refractivity contribution is 0.0827. The van der Waals surface area contributed by atoms with Gasteiger partial charge in [0.05, 0.1) is 0 Å². The van der Waals surface area contributed by atoms with Crippen LogP contribution in [-0.2, 0) is 13.6 Å². The van der Waals surface area contributed by atoms with Gasteiger partial charge >= 0.3 is 0 Å². The van der Waals surface area contributed by atoms with E-state index in [2.05, 4.69) is 61.7 Å². The normalized spacial score (nSPS) is 16.9. The summed E-state index contributed by atoms with van der Waals surface area (Å²) in [7, 11) is 5.73. The number of benzene rings is 1. The van der Waals surface area contributed by atoms with E-state index in [-0.39, 0.29) is 5.91 Å². The van der Waals surface area contributed by atoms with Crippen LogP contribution < -0.4 is 0 Å². The fraction of sp³-hybridized carbons (Fsp3) is 0.385. The topological polar surface area (TPSA) is 41.4 Å². The molecule has 3 aromatic rings. The van der Waals surface area contributed by atoms with Crippen LogP contribution in [0.1, 0.15) is 52.4 Å². The average molecular weight is 493 g/mol. The van der Waals surface area contributed by atoms with Crippen molar-refractivity contribution in [2.75, 3.05) is 27.2 Å². The molecule has 0 spiro atoms. The number of fused-ring (bicyclic) bond motifs is 1. The molecule has 1 aromatic carbocycles. The van der Waals surface area contributed by atoms with Crippen molar-refractivity contribution in [1.29, 1.82) is 0 Å². The Bertz CT molecular complexity index is 1220. The molecule has 6 heteroatoms. The summed E-state index contributed by atoms with van der Waals surface area (Å²) in [6, 6.07) is 10.6. The highest BCUT2D eigenvalue weighted by Crippen LogP contribution is 2.44. The van der Waals surface area contributed by atoms with Gasteiger partial charge in [0, 0.05) is 68.1 Å². The van der Waals surface area contributed by atoms with Crippen LogP contribution in [0.4, 0.5) is 0 Å². The molecule has 32 heavy (non-hydrogen) atoms. The molecule has 1 aliphatic heterocycles. The van der Waals surface area contributed by atoms with Gasteiger partial charge in [-0.1, -0.05) is 12.1 Å². The standard InChI is InChI=1S/C26H29BrN4O/c1-29(2)26(32)19-6-7-21(22(14-19)17-4-5-17)18-9-12-31(13-10-18)16-20-15-23-24(27)8-11-28-25(23)30(20)3/h6-9,11,14-15,17H,4-5,10,12-13,16H2,1-3H3. The van der Waals surface area contributed by atoms with Gasteiger partial charge in [-0.15, -0.1) is 0 Å². The molecule has 1 aliphatic carbocycles. The molecule has 0 bridgehead atoms. The predicted molar refractivity (Wildman–Crippen MR) is 133 cm³/mol. The molecule has 3 heterocycles. The van der Waals surface area contributed by atoms with Crippen molar-refractivity contribution < 1.29 is 4.79 Å². The van der Waals surface area contributed by atoms with E-state index in [1.54, 1.807) is 4.90 Å². The average Bonchev–Trinajstić information content (AvgIpc) is 3.59. The predicted octanol–water partition coefficient (Wildman–Crippen LogP) is 5.20. The molecular weight excluding hydrogens is 464 g/mol. The molecule has 0 unspecified atom stereocenters. The van der Waals surface area contributed by atoms with Crippen LogP contribution in [0.25, 0.3) is 16.6 Å². The Morgan fingerprint density at radius 2 is 2.03 bits per heavy atom. The molecule has 1 amide bonds. The van der Waals surface area contributed by atoms with E-state index in [9.17, 15) is 4.79 Å². The molecular formula is C26H29BrN4O. The fourth-order valence-corrected chi connectivity index (χ4v) is 5.11. The lowest BCUT2D eigenvalue weighted by Crippen LogP contribution is -2.29. The SMILES string of the molecule is CN(C)C(=O)c1ccc(C2=CCN(Cc3cc4c(Br)ccnc4n3C)CC2)c(C2CC2)c1. The molecule has 166 valence electrons. The zero-order chi connectivity index (χ0) is 22.4. The van der Waals surface area contributed by atoms with Gasteiger partial charge in [-0.2, -0.15) is 0 Å². The van der Waals surface area contributed by atoms with E-state index in [1.807, 2.05) is 32.4 Å². The molecule has 2 aromatic heterocycles. The number of pyridine rings is 1. The number of rotatable bonds is 5. The highest BCUT2D eigenvalue weighted by atomic mass is 79.9. The first-order chi connectivity index (χ1) is 15.4. The minimum atomic E-state index is 0.0818. The van der Waals surface area contributed by atoms with E-state index in [4.69, 9.17) is 0 Å². The fourth-order valence-electron chi connectivity index (χ4n) is 4.70. The minimum absolute atomic E-state index is 0.0818. The zero-order valence-corrected chi connectivity index (χ0v) is 20.5. The molecule has 1 saturated carbocycles. The molecule has 0 atom stereocenters. The summed E-state index contributed by atoms with van der Waals surface area (Å²) in [6.07, 6.45) is 7.73. The first-order valence-electron chi connectivity index (χ1n) is 11.3. The maximum atomic E-state index is 12.5. The van der Waals surface area contributed by atoms with Crippen molar-refractivity contribution in [3.05, 3.63) is 69.5 Å². The summed E-state index contributed by atoms with van der Waals surface area (Å²) in [5.74, 6) is 0.693. The molecule has 5 nitrogen and oxygen atoms in total. The first kappa shape index (κ1) is 21.4. The lowest BCUT2D eigenvalue weighted by Gasteiger charge is -2.27. The smallest absolute Gasteiger partial charge is 0.253 e. The zero-order valence-electron chi connectivity index (χ0n) is 18.9. The van der Waals surface area contributed by atoms with Crippen LogP contribution in [0.15, 0.2) is 47.1 Å². The second kappa shape index (κ2) is 8.49. The highest BCUT2D eigenvalue weighted by molar-refractivity contribution is 9.10. The molecule has 0 saturated heterocycles. The minimum Gasteiger partial charge on any atom is -0.345 e. The highest BCUT2D eigenvalue weighted by Gasteiger charge is 2.29. The number of amides is 1. The van der Waals surface area contributed by atoms with Crippen LogP contribution in [0.2, 0.25) is 0 Å². The van der Waals surface area contributed by atoms with Gasteiger partial charge in [-0.05, 0) is 82.1 Å². The number of aryl methyl sites for hydroxylation is 1. The molecule has 5 rings (SSSR count). The largest absolute Gasteiger partial charge is 0.345 e. The molecule has 0 N–H and O–H groups in total. The summed E-state index contributed by atoms with van der Waals surface area (Å²) < 4.78 is 3.29. The van der Waals surface area contributed by atoms with Crippen molar-refractivity contribution in [2.24, 2.45) is 7.05 Å². The Morgan fingerprint density at radius 3 is 2.69 bits per heavy atom. The van der Waals surface area contributed by atoms with Crippen LogP contribution in [0, 0.1) is 0 Å². The number of nitrogens with zero attached hydrogens (tertiary/aromatic N) is 4. The maximum Gasteiger partial charge on any atom is 0.253 e. The summed E-state index contributed by atoms with van der Waals surface area (Å²) >= 11 is 3.65. The van der Waals surface area contributed by atoms with Crippen molar-refractivity contribution >= 4 is 38.4 Å². The van der Waals surface area contributed by atoms with Crippen LogP contribution in [-0.4, -0.2) is 52.4 Å². The van der Waals surface area contributed by atoms with E-state index >= 15 is 0 Å². The second-order valence-corrected chi connectivity index (χ2v) is 10.1. The Labute approximate surface area is 197 Å². The number of aromatic nitrogens is 2. The number of halogens is 1. The molecule has 2 aliphatic rings. The number of hydrogen-bond donors (Lipinski definition) is 0. The van der Waals surface area contributed by atoms with E-state index < -0.39 is 0 Å². The van der Waals surface area contributed by atoms with Gasteiger partial charge in [0.15, 0.2) is 0 Å². The van der Waals surface area contributed by atoms with Crippen LogP contribution in [0.3, 0.4) is 0 Å². The third kappa shape index (κ3) is 4.02. The van der Waals surface area contributed by atoms with Gasteiger partial charge in [0.2, 0.25) is 0 Å². The lowest BCUT2D eigenvalue weighted by atomic mass is 9.91.